The molecule has 0 aliphatic carbocycles. The standard InChI is InChI=1S/C19H23N3O5.2C2H6/c1-5-11(27-6-2)10-20-14-15(18(25)17(14)24)21-13-9-7-8-12(16(13)23)19(26)22(3)4;2*1-2/h5,7-9,20-21,23H,6,10H2,1-4H3;2*1-2H3/b11-5-;;. The molecule has 0 saturated heterocycles. The van der Waals surface area contributed by atoms with Gasteiger partial charge in [-0.15, -0.1) is 0 Å². The van der Waals surface area contributed by atoms with E-state index < -0.39 is 10.9 Å². The largest absolute Gasteiger partial charge is 0.505 e. The van der Waals surface area contributed by atoms with Crippen molar-refractivity contribution in [2.24, 2.45) is 0 Å². The van der Waals surface area contributed by atoms with E-state index in [0.29, 0.717) is 12.4 Å². The van der Waals surface area contributed by atoms with E-state index in [4.69, 9.17) is 4.74 Å². The first-order valence-electron chi connectivity index (χ1n) is 10.5. The van der Waals surface area contributed by atoms with Crippen molar-refractivity contribution < 1.29 is 14.6 Å². The normalized spacial score (nSPS) is 10.3. The first-order chi connectivity index (χ1) is 14.8. The molecule has 172 valence electrons. The summed E-state index contributed by atoms with van der Waals surface area (Å²) in [4.78, 5) is 37.3. The van der Waals surface area contributed by atoms with Gasteiger partial charge in [0.15, 0.2) is 5.75 Å². The summed E-state index contributed by atoms with van der Waals surface area (Å²) in [6.45, 7) is 12.4. The first-order valence-corrected chi connectivity index (χ1v) is 10.5. The Morgan fingerprint density at radius 2 is 1.68 bits per heavy atom. The number of ether oxygens (including phenoxy) is 1. The number of phenols is 1. The second kappa shape index (κ2) is 13.8. The third-order valence-electron chi connectivity index (χ3n) is 3.93. The molecule has 2 aromatic rings. The van der Waals surface area contributed by atoms with E-state index in [9.17, 15) is 19.5 Å². The Morgan fingerprint density at radius 1 is 1.10 bits per heavy atom. The summed E-state index contributed by atoms with van der Waals surface area (Å²) in [6, 6.07) is 4.56. The van der Waals surface area contributed by atoms with Gasteiger partial charge in [0.1, 0.15) is 17.1 Å². The number of amides is 1. The van der Waals surface area contributed by atoms with Gasteiger partial charge in [-0.05, 0) is 32.1 Å². The van der Waals surface area contributed by atoms with Gasteiger partial charge in [-0.1, -0.05) is 33.8 Å². The summed E-state index contributed by atoms with van der Waals surface area (Å²) in [5.74, 6) is -0.0366. The predicted octanol–water partition coefficient (Wildman–Crippen LogP) is 3.84. The summed E-state index contributed by atoms with van der Waals surface area (Å²) in [5, 5.41) is 16.0. The quantitative estimate of drug-likeness (QED) is 0.330. The number of para-hydroxylation sites is 1. The number of nitrogens with one attached hydrogen (secondary N) is 2. The van der Waals surface area contributed by atoms with Crippen molar-refractivity contribution in [2.45, 2.75) is 41.5 Å². The highest BCUT2D eigenvalue weighted by Gasteiger charge is 2.23. The number of nitrogens with zero attached hydrogens (tertiary/aromatic N) is 1. The van der Waals surface area contributed by atoms with E-state index in [2.05, 4.69) is 10.6 Å². The van der Waals surface area contributed by atoms with Crippen LogP contribution in [0.5, 0.6) is 5.75 Å². The maximum Gasteiger partial charge on any atom is 0.257 e. The Kier molecular flexibility index (Phi) is 12.4. The lowest BCUT2D eigenvalue weighted by Crippen LogP contribution is -2.37. The van der Waals surface area contributed by atoms with Crippen LogP contribution in [0, 0.1) is 0 Å². The number of benzene rings is 1. The van der Waals surface area contributed by atoms with Crippen molar-refractivity contribution in [1.82, 2.24) is 4.90 Å². The molecule has 0 fully saturated rings. The zero-order chi connectivity index (χ0) is 24.1. The average molecular weight is 434 g/mol. The van der Waals surface area contributed by atoms with Crippen LogP contribution in [0.2, 0.25) is 0 Å². The van der Waals surface area contributed by atoms with E-state index in [1.54, 1.807) is 33.2 Å². The number of hydrogen-bond donors (Lipinski definition) is 3. The molecule has 31 heavy (non-hydrogen) atoms. The summed E-state index contributed by atoms with van der Waals surface area (Å²) in [7, 11) is 3.13. The lowest BCUT2D eigenvalue weighted by molar-refractivity contribution is 0.0824. The molecule has 3 N–H and O–H groups in total. The number of carbonyl (C=O) groups is 1. The van der Waals surface area contributed by atoms with Crippen molar-refractivity contribution in [3.63, 3.8) is 0 Å². The lowest BCUT2D eigenvalue weighted by atomic mass is 10.1. The molecule has 0 aliphatic heterocycles. The number of carbonyl (C=O) groups excluding carboxylic acids is 1. The molecular formula is C23H35N3O5. The van der Waals surface area contributed by atoms with Gasteiger partial charge < -0.3 is 25.4 Å². The highest BCUT2D eigenvalue weighted by molar-refractivity contribution is 5.99. The fourth-order valence-electron chi connectivity index (χ4n) is 2.47. The van der Waals surface area contributed by atoms with Crippen LogP contribution >= 0.6 is 0 Å². The van der Waals surface area contributed by atoms with Gasteiger partial charge in [-0.25, -0.2) is 0 Å². The maximum absolute atomic E-state index is 12.1. The highest BCUT2D eigenvalue weighted by atomic mass is 16.5. The molecule has 0 aliphatic rings. The van der Waals surface area contributed by atoms with E-state index >= 15 is 0 Å². The number of hydrogen-bond acceptors (Lipinski definition) is 7. The lowest BCUT2D eigenvalue weighted by Gasteiger charge is -2.18. The molecule has 0 heterocycles. The fourth-order valence-corrected chi connectivity index (χ4v) is 2.47. The Balaban J connectivity index is 0.00000212. The number of rotatable bonds is 8. The van der Waals surface area contributed by atoms with Crippen LogP contribution in [0.25, 0.3) is 0 Å². The van der Waals surface area contributed by atoms with Gasteiger partial charge in [0.05, 0.1) is 24.4 Å². The van der Waals surface area contributed by atoms with Crippen molar-refractivity contribution in [1.29, 1.82) is 0 Å². The van der Waals surface area contributed by atoms with Crippen molar-refractivity contribution in [3.8, 4) is 5.75 Å². The van der Waals surface area contributed by atoms with Gasteiger partial charge in [-0.2, -0.15) is 0 Å². The van der Waals surface area contributed by atoms with Crippen LogP contribution in [0.4, 0.5) is 17.1 Å². The monoisotopic (exact) mass is 433 g/mol. The van der Waals surface area contributed by atoms with Gasteiger partial charge in [-0.3, -0.25) is 14.4 Å². The number of allylic oxidation sites excluding steroid dienone is 1. The molecule has 0 spiro atoms. The molecule has 0 aromatic heterocycles. The van der Waals surface area contributed by atoms with Crippen LogP contribution in [0.1, 0.15) is 51.9 Å². The molecule has 0 radical (unpaired) electrons. The maximum atomic E-state index is 12.1. The van der Waals surface area contributed by atoms with Crippen LogP contribution in [-0.2, 0) is 4.74 Å². The second-order valence-corrected chi connectivity index (χ2v) is 5.98. The van der Waals surface area contributed by atoms with Gasteiger partial charge in [0, 0.05) is 14.1 Å². The SMILES string of the molecule is C/C=C(/CNc1c(Nc2cccc(C(=O)N(C)C)c2O)c(=O)c1=O)OCC.CC.CC. The number of aromatic hydroxyl groups is 1. The molecule has 0 atom stereocenters. The number of anilines is 3. The summed E-state index contributed by atoms with van der Waals surface area (Å²) in [6.07, 6.45) is 1.76. The summed E-state index contributed by atoms with van der Waals surface area (Å²) < 4.78 is 5.39. The van der Waals surface area contributed by atoms with E-state index in [0.717, 1.165) is 0 Å². The molecule has 1 amide bonds. The highest BCUT2D eigenvalue weighted by Crippen LogP contribution is 2.31. The molecule has 0 bridgehead atoms. The Hall–Kier alpha value is -3.29. The molecule has 2 rings (SSSR count). The Morgan fingerprint density at radius 3 is 2.19 bits per heavy atom. The molecule has 0 unspecified atom stereocenters. The van der Waals surface area contributed by atoms with Crippen LogP contribution < -0.4 is 21.5 Å². The van der Waals surface area contributed by atoms with E-state index in [-0.39, 0.29) is 40.8 Å². The molecule has 0 saturated carbocycles. The minimum atomic E-state index is -0.695. The van der Waals surface area contributed by atoms with Crippen molar-refractivity contribution >= 4 is 23.0 Å². The smallest absolute Gasteiger partial charge is 0.257 e. The van der Waals surface area contributed by atoms with Crippen LogP contribution in [0.15, 0.2) is 39.6 Å². The fraction of sp³-hybridized carbons (Fsp3) is 0.435. The Bertz CT molecular complexity index is 941. The minimum absolute atomic E-state index is 0.0386. The molecule has 8 heteroatoms. The minimum Gasteiger partial charge on any atom is -0.505 e. The Labute approximate surface area is 184 Å². The van der Waals surface area contributed by atoms with Gasteiger partial charge >= 0.3 is 0 Å². The van der Waals surface area contributed by atoms with Crippen molar-refractivity contribution in [2.75, 3.05) is 37.9 Å². The first kappa shape index (κ1) is 27.7. The second-order valence-electron chi connectivity index (χ2n) is 5.98. The molecular weight excluding hydrogens is 398 g/mol. The summed E-state index contributed by atoms with van der Waals surface area (Å²) >= 11 is 0. The van der Waals surface area contributed by atoms with E-state index in [1.807, 2.05) is 34.6 Å². The third-order valence-corrected chi connectivity index (χ3v) is 3.93. The topological polar surface area (TPSA) is 108 Å². The summed E-state index contributed by atoms with van der Waals surface area (Å²) in [5.41, 5.74) is -0.941. The zero-order valence-electron chi connectivity index (χ0n) is 19.8. The molecule has 8 nitrogen and oxygen atoms in total. The predicted molar refractivity (Wildman–Crippen MR) is 127 cm³/mol. The zero-order valence-corrected chi connectivity index (χ0v) is 19.8. The van der Waals surface area contributed by atoms with Gasteiger partial charge in [0.2, 0.25) is 0 Å². The third kappa shape index (κ3) is 6.87. The van der Waals surface area contributed by atoms with Crippen LogP contribution in [-0.4, -0.2) is 43.2 Å². The molecule has 2 aromatic carbocycles. The van der Waals surface area contributed by atoms with Gasteiger partial charge in [0.25, 0.3) is 16.8 Å². The average Bonchev–Trinajstić information content (AvgIpc) is 2.80. The number of phenolic OH excluding ortho intramolecular Hbond substituents is 1. The van der Waals surface area contributed by atoms with Crippen molar-refractivity contribution in [3.05, 3.63) is 56.0 Å². The van der Waals surface area contributed by atoms with E-state index in [1.165, 1.54) is 17.0 Å². The van der Waals surface area contributed by atoms with Crippen LogP contribution in [0.3, 0.4) is 0 Å².